The van der Waals surface area contributed by atoms with Crippen LogP contribution in [-0.2, 0) is 18.9 Å². The van der Waals surface area contributed by atoms with Crippen molar-refractivity contribution in [3.05, 3.63) is 29.8 Å². The van der Waals surface area contributed by atoms with E-state index in [2.05, 4.69) is 5.32 Å². The Morgan fingerprint density at radius 1 is 1.29 bits per heavy atom. The number of carbonyl (C=O) groups is 2. The smallest absolute Gasteiger partial charge is 0.412 e. The Morgan fingerprint density at radius 3 is 2.88 bits per heavy atom. The van der Waals surface area contributed by atoms with Gasteiger partial charge in [0.25, 0.3) is 0 Å². The Kier molecular flexibility index (Phi) is 4.98. The number of anilines is 1. The van der Waals surface area contributed by atoms with Crippen molar-refractivity contribution in [2.45, 2.75) is 31.3 Å². The van der Waals surface area contributed by atoms with E-state index in [0.717, 1.165) is 0 Å². The van der Waals surface area contributed by atoms with Crippen molar-refractivity contribution in [3.63, 3.8) is 0 Å². The number of fused-ring (bicyclic) bond motifs is 1. The number of hydrogen-bond donors (Lipinski definition) is 2. The predicted octanol–water partition coefficient (Wildman–Crippen LogP) is 0.905. The van der Waals surface area contributed by atoms with Gasteiger partial charge in [-0.3, -0.25) is 5.32 Å². The molecule has 8 nitrogen and oxygen atoms in total. The summed E-state index contributed by atoms with van der Waals surface area (Å²) in [4.78, 5) is 23.8. The second-order valence-electron chi connectivity index (χ2n) is 5.63. The fourth-order valence-electron chi connectivity index (χ4n) is 2.82. The van der Waals surface area contributed by atoms with Gasteiger partial charge in [-0.25, -0.2) is 9.59 Å². The molecule has 2 aliphatic rings. The average Bonchev–Trinajstić information content (AvgIpc) is 3.12. The molecular formula is C16H20N2O6. The second kappa shape index (κ2) is 7.16. The number of nitrogens with one attached hydrogen (secondary N) is 1. The molecule has 0 saturated carbocycles. The van der Waals surface area contributed by atoms with Crippen molar-refractivity contribution in [1.29, 1.82) is 0 Å². The summed E-state index contributed by atoms with van der Waals surface area (Å²) in [6, 6.07) is 6.23. The first kappa shape index (κ1) is 16.7. The number of esters is 1. The maximum absolute atomic E-state index is 12.1. The van der Waals surface area contributed by atoms with Gasteiger partial charge in [0, 0.05) is 5.69 Å². The maximum Gasteiger partial charge on any atom is 0.412 e. The fraction of sp³-hybridized carbons (Fsp3) is 0.500. The third kappa shape index (κ3) is 3.50. The van der Waals surface area contributed by atoms with Crippen LogP contribution in [0.3, 0.4) is 0 Å². The highest BCUT2D eigenvalue weighted by atomic mass is 16.6. The molecule has 0 spiro atoms. The number of nitrogens with two attached hydrogens (primary N) is 1. The van der Waals surface area contributed by atoms with Crippen LogP contribution in [-0.4, -0.2) is 56.2 Å². The minimum Gasteiger partial charge on any atom is -0.462 e. The van der Waals surface area contributed by atoms with Gasteiger partial charge in [-0.1, -0.05) is 6.07 Å². The van der Waals surface area contributed by atoms with Crippen LogP contribution in [0.1, 0.15) is 17.3 Å². The molecule has 0 bridgehead atoms. The summed E-state index contributed by atoms with van der Waals surface area (Å²) < 4.78 is 21.3. The quantitative estimate of drug-likeness (QED) is 0.786. The van der Waals surface area contributed by atoms with Crippen LogP contribution in [0.25, 0.3) is 0 Å². The Labute approximate surface area is 139 Å². The minimum absolute atomic E-state index is 0.201. The van der Waals surface area contributed by atoms with Crippen LogP contribution < -0.4 is 11.1 Å². The molecule has 0 unspecified atom stereocenters. The van der Waals surface area contributed by atoms with E-state index >= 15 is 0 Å². The molecule has 2 saturated heterocycles. The lowest BCUT2D eigenvalue weighted by molar-refractivity contribution is 0.00899. The summed E-state index contributed by atoms with van der Waals surface area (Å²) in [6.45, 7) is 2.65. The third-order valence-corrected chi connectivity index (χ3v) is 3.92. The van der Waals surface area contributed by atoms with Gasteiger partial charge in [-0.2, -0.15) is 0 Å². The molecule has 4 atom stereocenters. The Hall–Kier alpha value is -2.16. The lowest BCUT2D eigenvalue weighted by Crippen LogP contribution is -2.38. The molecule has 3 rings (SSSR count). The molecule has 2 aliphatic heterocycles. The van der Waals surface area contributed by atoms with E-state index in [1.807, 2.05) is 0 Å². The first-order valence-electron chi connectivity index (χ1n) is 7.82. The van der Waals surface area contributed by atoms with Crippen molar-refractivity contribution in [1.82, 2.24) is 0 Å². The zero-order valence-electron chi connectivity index (χ0n) is 13.3. The molecule has 8 heteroatoms. The highest BCUT2D eigenvalue weighted by molar-refractivity contribution is 5.92. The molecule has 2 fully saturated rings. The molecule has 2 heterocycles. The van der Waals surface area contributed by atoms with Crippen molar-refractivity contribution >= 4 is 17.7 Å². The van der Waals surface area contributed by atoms with E-state index in [0.29, 0.717) is 17.9 Å². The predicted molar refractivity (Wildman–Crippen MR) is 83.7 cm³/mol. The summed E-state index contributed by atoms with van der Waals surface area (Å²) in [7, 11) is 0. The maximum atomic E-state index is 12.1. The van der Waals surface area contributed by atoms with Gasteiger partial charge in [0.2, 0.25) is 0 Å². The number of amides is 1. The van der Waals surface area contributed by atoms with E-state index in [1.54, 1.807) is 25.1 Å². The second-order valence-corrected chi connectivity index (χ2v) is 5.63. The molecule has 0 aromatic heterocycles. The molecule has 1 aromatic rings. The van der Waals surface area contributed by atoms with Crippen molar-refractivity contribution in [2.75, 3.05) is 25.1 Å². The number of carbonyl (C=O) groups excluding carboxylic acids is 2. The van der Waals surface area contributed by atoms with Crippen LogP contribution in [0.15, 0.2) is 24.3 Å². The fourth-order valence-corrected chi connectivity index (χ4v) is 2.82. The Balaban J connectivity index is 1.57. The summed E-state index contributed by atoms with van der Waals surface area (Å²) in [5, 5.41) is 2.59. The molecule has 24 heavy (non-hydrogen) atoms. The van der Waals surface area contributed by atoms with E-state index < -0.39 is 18.2 Å². The SMILES string of the molecule is CCOC(=O)c1cccc(NC(=O)O[C@H]2CO[C@@H]3[C@@H]2OC[C@@H]3N)c1. The zero-order valence-corrected chi connectivity index (χ0v) is 13.3. The third-order valence-electron chi connectivity index (χ3n) is 3.92. The molecular weight excluding hydrogens is 316 g/mol. The molecule has 1 aromatic carbocycles. The highest BCUT2D eigenvalue weighted by Crippen LogP contribution is 2.28. The first-order chi connectivity index (χ1) is 11.6. The van der Waals surface area contributed by atoms with Gasteiger partial charge >= 0.3 is 12.1 Å². The standard InChI is InChI=1S/C16H20N2O6/c1-2-21-15(19)9-4-3-5-10(6-9)18-16(20)24-12-8-23-13-11(17)7-22-14(12)13/h3-6,11-14H,2,7-8,17H2,1H3,(H,18,20)/t11-,12-,13-,14+/m0/s1. The monoisotopic (exact) mass is 336 g/mol. The van der Waals surface area contributed by atoms with Crippen molar-refractivity contribution in [3.8, 4) is 0 Å². The number of ether oxygens (including phenoxy) is 4. The lowest BCUT2D eigenvalue weighted by atomic mass is 10.1. The van der Waals surface area contributed by atoms with Crippen molar-refractivity contribution < 1.29 is 28.5 Å². The van der Waals surface area contributed by atoms with E-state index in [1.165, 1.54) is 6.07 Å². The van der Waals surface area contributed by atoms with Gasteiger partial charge in [0.05, 0.1) is 31.4 Å². The number of hydrogen-bond acceptors (Lipinski definition) is 7. The molecule has 3 N–H and O–H groups in total. The van der Waals surface area contributed by atoms with Crippen molar-refractivity contribution in [2.24, 2.45) is 5.73 Å². The lowest BCUT2D eigenvalue weighted by Gasteiger charge is -2.17. The van der Waals surface area contributed by atoms with E-state index in [-0.39, 0.29) is 31.5 Å². The molecule has 1 amide bonds. The van der Waals surface area contributed by atoms with Gasteiger partial charge in [-0.15, -0.1) is 0 Å². The van der Waals surface area contributed by atoms with Gasteiger partial charge in [-0.05, 0) is 25.1 Å². The topological polar surface area (TPSA) is 109 Å². The Morgan fingerprint density at radius 2 is 2.08 bits per heavy atom. The zero-order chi connectivity index (χ0) is 17.1. The first-order valence-corrected chi connectivity index (χ1v) is 7.82. The summed E-state index contributed by atoms with van der Waals surface area (Å²) in [5.74, 6) is -0.449. The van der Waals surface area contributed by atoms with E-state index in [9.17, 15) is 9.59 Å². The minimum atomic E-state index is -0.644. The molecule has 0 aliphatic carbocycles. The average molecular weight is 336 g/mol. The van der Waals surface area contributed by atoms with Crippen LogP contribution >= 0.6 is 0 Å². The summed E-state index contributed by atoms with van der Waals surface area (Å²) >= 11 is 0. The largest absolute Gasteiger partial charge is 0.462 e. The molecule has 130 valence electrons. The normalized spacial score (nSPS) is 28.2. The van der Waals surface area contributed by atoms with E-state index in [4.69, 9.17) is 24.7 Å². The van der Waals surface area contributed by atoms with Crippen LogP contribution in [0.5, 0.6) is 0 Å². The highest BCUT2D eigenvalue weighted by Gasteiger charge is 2.48. The Bertz CT molecular complexity index is 622. The summed E-state index contributed by atoms with van der Waals surface area (Å²) in [5.41, 5.74) is 6.64. The number of benzene rings is 1. The summed E-state index contributed by atoms with van der Waals surface area (Å²) in [6.07, 6.45) is -1.72. The van der Waals surface area contributed by atoms with Crippen LogP contribution in [0.2, 0.25) is 0 Å². The van der Waals surface area contributed by atoms with Crippen LogP contribution in [0.4, 0.5) is 10.5 Å². The van der Waals surface area contributed by atoms with Crippen LogP contribution in [0, 0.1) is 0 Å². The van der Waals surface area contributed by atoms with Gasteiger partial charge in [0.15, 0.2) is 6.10 Å². The van der Waals surface area contributed by atoms with Gasteiger partial charge < -0.3 is 24.7 Å². The molecule has 0 radical (unpaired) electrons. The van der Waals surface area contributed by atoms with Gasteiger partial charge in [0.1, 0.15) is 12.2 Å². The number of rotatable bonds is 4.